The molecule has 0 aromatic heterocycles. The van der Waals surface area contributed by atoms with E-state index in [4.69, 9.17) is 16.3 Å². The van der Waals surface area contributed by atoms with E-state index in [0.29, 0.717) is 36.1 Å². The Labute approximate surface area is 181 Å². The zero-order valence-corrected chi connectivity index (χ0v) is 17.6. The van der Waals surface area contributed by atoms with E-state index in [2.05, 4.69) is 10.2 Å². The lowest BCUT2D eigenvalue weighted by Gasteiger charge is -2.35. The van der Waals surface area contributed by atoms with Crippen molar-refractivity contribution in [2.24, 2.45) is 0 Å². The van der Waals surface area contributed by atoms with Crippen molar-refractivity contribution in [2.45, 2.75) is 19.6 Å². The fourth-order valence-corrected chi connectivity index (χ4v) is 3.44. The highest BCUT2D eigenvalue weighted by atomic mass is 35.5. The molecule has 2 aromatic rings. The first-order valence-electron chi connectivity index (χ1n) is 9.83. The van der Waals surface area contributed by atoms with Crippen LogP contribution in [0.3, 0.4) is 0 Å². The first kappa shape index (κ1) is 22.1. The summed E-state index contributed by atoms with van der Waals surface area (Å²) in [5.41, 5.74) is 1.65. The van der Waals surface area contributed by atoms with Crippen LogP contribution in [0.1, 0.15) is 12.5 Å². The maximum atomic E-state index is 12.5. The molecule has 1 saturated heterocycles. The van der Waals surface area contributed by atoms with Crippen molar-refractivity contribution in [3.05, 3.63) is 59.1 Å². The molecule has 8 heteroatoms. The highest BCUT2D eigenvalue weighted by molar-refractivity contribution is 6.30. The predicted molar refractivity (Wildman–Crippen MR) is 116 cm³/mol. The Balaban J connectivity index is 1.46. The van der Waals surface area contributed by atoms with E-state index in [1.165, 1.54) is 6.92 Å². The second-order valence-electron chi connectivity index (χ2n) is 7.32. The van der Waals surface area contributed by atoms with Gasteiger partial charge in [0.1, 0.15) is 18.5 Å². The van der Waals surface area contributed by atoms with Gasteiger partial charge in [-0.1, -0.05) is 35.9 Å². The number of ether oxygens (including phenoxy) is 1. The molecule has 0 radical (unpaired) electrons. The Morgan fingerprint density at radius 3 is 2.63 bits per heavy atom. The lowest BCUT2D eigenvalue weighted by atomic mass is 10.2. The summed E-state index contributed by atoms with van der Waals surface area (Å²) in [6, 6.07) is 14.6. The molecule has 3 rings (SSSR count). The van der Waals surface area contributed by atoms with Gasteiger partial charge in [0.15, 0.2) is 0 Å². The van der Waals surface area contributed by atoms with Crippen LogP contribution >= 0.6 is 11.6 Å². The largest absolute Gasteiger partial charge is 0.489 e. The van der Waals surface area contributed by atoms with Crippen LogP contribution in [0.5, 0.6) is 5.75 Å². The van der Waals surface area contributed by atoms with Gasteiger partial charge in [0.25, 0.3) is 0 Å². The van der Waals surface area contributed by atoms with Crippen molar-refractivity contribution < 1.29 is 19.4 Å². The zero-order valence-electron chi connectivity index (χ0n) is 16.9. The SMILES string of the molecule is CC(=O)Nc1ccccc1OCC(O)CN1CCN(Cc2ccc(Cl)cc2)CC1=O. The van der Waals surface area contributed by atoms with Gasteiger partial charge >= 0.3 is 0 Å². The minimum absolute atomic E-state index is 0.0205. The molecule has 0 aliphatic carbocycles. The average molecular weight is 432 g/mol. The quantitative estimate of drug-likeness (QED) is 0.670. The highest BCUT2D eigenvalue weighted by Crippen LogP contribution is 2.24. The van der Waals surface area contributed by atoms with Crippen molar-refractivity contribution >= 4 is 29.1 Å². The minimum Gasteiger partial charge on any atom is -0.489 e. The first-order valence-corrected chi connectivity index (χ1v) is 10.2. The summed E-state index contributed by atoms with van der Waals surface area (Å²) in [7, 11) is 0. The molecule has 1 unspecified atom stereocenters. The number of anilines is 1. The molecule has 0 bridgehead atoms. The molecule has 1 fully saturated rings. The number of aliphatic hydroxyl groups excluding tert-OH is 1. The fourth-order valence-electron chi connectivity index (χ4n) is 3.31. The molecule has 1 aliphatic heterocycles. The van der Waals surface area contributed by atoms with Crippen LogP contribution in [0.25, 0.3) is 0 Å². The molecule has 30 heavy (non-hydrogen) atoms. The molecule has 0 saturated carbocycles. The van der Waals surface area contributed by atoms with Crippen molar-refractivity contribution in [3.63, 3.8) is 0 Å². The summed E-state index contributed by atoms with van der Waals surface area (Å²) in [5, 5.41) is 13.7. The number of β-amino-alcohol motifs (C(OH)–C–C–N with tert-alkyl or cyclic N) is 1. The Kier molecular flexibility index (Phi) is 7.68. The van der Waals surface area contributed by atoms with Gasteiger partial charge < -0.3 is 20.1 Å². The number of hydrogen-bond acceptors (Lipinski definition) is 5. The second kappa shape index (κ2) is 10.4. The smallest absolute Gasteiger partial charge is 0.236 e. The summed E-state index contributed by atoms with van der Waals surface area (Å²) in [6.07, 6.45) is -0.831. The van der Waals surface area contributed by atoms with Gasteiger partial charge in [0.2, 0.25) is 11.8 Å². The predicted octanol–water partition coefficient (Wildman–Crippen LogP) is 2.38. The summed E-state index contributed by atoms with van der Waals surface area (Å²) in [4.78, 5) is 27.5. The molecule has 1 heterocycles. The first-order chi connectivity index (χ1) is 14.4. The number of carbonyl (C=O) groups excluding carboxylic acids is 2. The number of nitrogens with one attached hydrogen (secondary N) is 1. The van der Waals surface area contributed by atoms with Crippen LogP contribution in [0, 0.1) is 0 Å². The standard InChI is InChI=1S/C22H26ClN3O4/c1-16(27)24-20-4-2-3-5-21(20)30-15-19(28)13-26-11-10-25(14-22(26)29)12-17-6-8-18(23)9-7-17/h2-9,19,28H,10-15H2,1H3,(H,24,27). The van der Waals surface area contributed by atoms with Crippen LogP contribution in [0.4, 0.5) is 5.69 Å². The third kappa shape index (κ3) is 6.45. The van der Waals surface area contributed by atoms with E-state index in [9.17, 15) is 14.7 Å². The second-order valence-corrected chi connectivity index (χ2v) is 7.76. The number of nitrogens with zero attached hydrogens (tertiary/aromatic N) is 2. The van der Waals surface area contributed by atoms with E-state index in [0.717, 1.165) is 12.1 Å². The molecule has 2 amide bonds. The Morgan fingerprint density at radius 2 is 1.93 bits per heavy atom. The van der Waals surface area contributed by atoms with Crippen LogP contribution in [-0.4, -0.2) is 65.6 Å². The minimum atomic E-state index is -0.831. The summed E-state index contributed by atoms with van der Waals surface area (Å²) >= 11 is 5.91. The Morgan fingerprint density at radius 1 is 1.20 bits per heavy atom. The van der Waals surface area contributed by atoms with Crippen molar-refractivity contribution in [1.29, 1.82) is 0 Å². The monoisotopic (exact) mass is 431 g/mol. The maximum absolute atomic E-state index is 12.5. The maximum Gasteiger partial charge on any atom is 0.236 e. The number of amides is 2. The van der Waals surface area contributed by atoms with Crippen LogP contribution < -0.4 is 10.1 Å². The Hall–Kier alpha value is -2.61. The average Bonchev–Trinajstić information content (AvgIpc) is 2.71. The zero-order chi connectivity index (χ0) is 21.5. The van der Waals surface area contributed by atoms with Gasteiger partial charge in [-0.3, -0.25) is 14.5 Å². The number of piperazine rings is 1. The van der Waals surface area contributed by atoms with Crippen molar-refractivity contribution in [3.8, 4) is 5.75 Å². The number of hydrogen-bond donors (Lipinski definition) is 2. The van der Waals surface area contributed by atoms with Gasteiger partial charge in [-0.05, 0) is 29.8 Å². The van der Waals surface area contributed by atoms with E-state index < -0.39 is 6.10 Å². The summed E-state index contributed by atoms with van der Waals surface area (Å²) in [6.45, 7) is 3.91. The molecule has 2 aromatic carbocycles. The van der Waals surface area contributed by atoms with Crippen LogP contribution in [0.2, 0.25) is 5.02 Å². The molecule has 7 nitrogen and oxygen atoms in total. The number of carbonyl (C=O) groups is 2. The van der Waals surface area contributed by atoms with Gasteiger partial charge in [-0.25, -0.2) is 0 Å². The molecule has 0 spiro atoms. The third-order valence-corrected chi connectivity index (χ3v) is 5.03. The fraction of sp³-hybridized carbons (Fsp3) is 0.364. The summed E-state index contributed by atoms with van der Waals surface area (Å²) in [5.74, 6) is 0.257. The number of rotatable bonds is 8. The normalized spacial score (nSPS) is 15.7. The van der Waals surface area contributed by atoms with Crippen molar-refractivity contribution in [2.75, 3.05) is 38.1 Å². The number of para-hydroxylation sites is 2. The topological polar surface area (TPSA) is 82.1 Å². The molecular formula is C22H26ClN3O4. The highest BCUT2D eigenvalue weighted by Gasteiger charge is 2.25. The third-order valence-electron chi connectivity index (χ3n) is 4.78. The van der Waals surface area contributed by atoms with Gasteiger partial charge in [-0.2, -0.15) is 0 Å². The molecule has 160 valence electrons. The van der Waals surface area contributed by atoms with Gasteiger partial charge in [0.05, 0.1) is 12.2 Å². The summed E-state index contributed by atoms with van der Waals surface area (Å²) < 4.78 is 5.66. The van der Waals surface area contributed by atoms with Gasteiger partial charge in [-0.15, -0.1) is 0 Å². The molecule has 2 N–H and O–H groups in total. The number of benzene rings is 2. The van der Waals surface area contributed by atoms with E-state index in [1.54, 1.807) is 29.2 Å². The van der Waals surface area contributed by atoms with Gasteiger partial charge in [0, 0.05) is 38.1 Å². The number of aliphatic hydroxyl groups is 1. The van der Waals surface area contributed by atoms with Crippen molar-refractivity contribution in [1.82, 2.24) is 9.80 Å². The van der Waals surface area contributed by atoms with E-state index in [1.807, 2.05) is 24.3 Å². The van der Waals surface area contributed by atoms with Crippen LogP contribution in [0.15, 0.2) is 48.5 Å². The van der Waals surface area contributed by atoms with E-state index in [-0.39, 0.29) is 25.0 Å². The lowest BCUT2D eigenvalue weighted by Crippen LogP contribution is -2.52. The van der Waals surface area contributed by atoms with E-state index >= 15 is 0 Å². The lowest BCUT2D eigenvalue weighted by molar-refractivity contribution is -0.138. The Bertz CT molecular complexity index is 875. The number of halogens is 1. The molecular weight excluding hydrogens is 406 g/mol. The van der Waals surface area contributed by atoms with Crippen LogP contribution in [-0.2, 0) is 16.1 Å². The molecule has 1 atom stereocenters. The molecule has 1 aliphatic rings.